The van der Waals surface area contributed by atoms with Gasteiger partial charge in [-0.25, -0.2) is 10.2 Å². The molecular weight excluding hydrogens is 320 g/mol. The lowest BCUT2D eigenvalue weighted by Crippen LogP contribution is -2.17. The molecule has 0 bridgehead atoms. The van der Waals surface area contributed by atoms with Crippen LogP contribution in [-0.4, -0.2) is 23.2 Å². The molecule has 2 aromatic carbocycles. The number of nitrogens with one attached hydrogen (secondary N) is 1. The first kappa shape index (κ1) is 16.2. The van der Waals surface area contributed by atoms with E-state index in [-0.39, 0.29) is 11.5 Å². The summed E-state index contributed by atoms with van der Waals surface area (Å²) in [6.45, 7) is 0. The average Bonchev–Trinajstić information content (AvgIpc) is 3.11. The molecule has 0 saturated heterocycles. The van der Waals surface area contributed by atoms with Crippen molar-refractivity contribution in [2.24, 2.45) is 5.10 Å². The van der Waals surface area contributed by atoms with Gasteiger partial charge in [0, 0.05) is 11.1 Å². The summed E-state index contributed by atoms with van der Waals surface area (Å²) in [5.41, 5.74) is 3.74. The number of nitrogens with zero attached hydrogens (tertiary/aromatic N) is 1. The summed E-state index contributed by atoms with van der Waals surface area (Å²) in [6.07, 6.45) is 1.38. The number of carbonyl (C=O) groups is 2. The van der Waals surface area contributed by atoms with Crippen molar-refractivity contribution in [3.05, 3.63) is 83.6 Å². The highest BCUT2D eigenvalue weighted by atomic mass is 16.4. The van der Waals surface area contributed by atoms with E-state index in [4.69, 9.17) is 9.52 Å². The van der Waals surface area contributed by atoms with E-state index in [0.717, 1.165) is 0 Å². The van der Waals surface area contributed by atoms with Crippen LogP contribution in [0.1, 0.15) is 26.5 Å². The van der Waals surface area contributed by atoms with Crippen molar-refractivity contribution in [2.75, 3.05) is 0 Å². The normalized spacial score (nSPS) is 10.7. The minimum absolute atomic E-state index is 0.180. The van der Waals surface area contributed by atoms with Gasteiger partial charge in [-0.3, -0.25) is 4.79 Å². The fraction of sp³-hybridized carbons (Fsp3) is 0. The predicted octanol–water partition coefficient (Wildman–Crippen LogP) is 3.41. The molecule has 6 nitrogen and oxygen atoms in total. The highest BCUT2D eigenvalue weighted by Crippen LogP contribution is 2.22. The lowest BCUT2D eigenvalue weighted by molar-refractivity contribution is 0.0696. The van der Waals surface area contributed by atoms with E-state index in [1.54, 1.807) is 48.5 Å². The fourth-order valence-corrected chi connectivity index (χ4v) is 2.19. The van der Waals surface area contributed by atoms with E-state index in [1.807, 2.05) is 6.07 Å². The Bertz CT molecular complexity index is 929. The number of aromatic carboxylic acids is 1. The van der Waals surface area contributed by atoms with E-state index in [1.165, 1.54) is 18.3 Å². The van der Waals surface area contributed by atoms with Gasteiger partial charge in [0.05, 0.1) is 11.8 Å². The number of hydrazone groups is 1. The standard InChI is InChI=1S/C19H14N2O4/c22-18(13-5-2-1-3-6-13)21-20-12-16-9-10-17(25-16)14-7-4-8-15(11-14)19(23)24/h1-12H,(H,21,22)(H,23,24)/b20-12-. The van der Waals surface area contributed by atoms with Crippen LogP contribution in [0.3, 0.4) is 0 Å². The zero-order valence-corrected chi connectivity index (χ0v) is 13.0. The highest BCUT2D eigenvalue weighted by Gasteiger charge is 2.08. The van der Waals surface area contributed by atoms with Crippen molar-refractivity contribution in [1.82, 2.24) is 5.43 Å². The highest BCUT2D eigenvalue weighted by molar-refractivity contribution is 5.94. The Morgan fingerprint density at radius 2 is 1.72 bits per heavy atom. The van der Waals surface area contributed by atoms with Crippen LogP contribution in [0.25, 0.3) is 11.3 Å². The molecule has 0 unspecified atom stereocenters. The molecule has 2 N–H and O–H groups in total. The number of amides is 1. The van der Waals surface area contributed by atoms with Crippen LogP contribution in [0, 0.1) is 0 Å². The van der Waals surface area contributed by atoms with Gasteiger partial charge in [-0.05, 0) is 36.4 Å². The first-order valence-corrected chi connectivity index (χ1v) is 7.45. The molecule has 0 radical (unpaired) electrons. The summed E-state index contributed by atoms with van der Waals surface area (Å²) in [6, 6.07) is 18.6. The van der Waals surface area contributed by atoms with Crippen LogP contribution in [0.4, 0.5) is 0 Å². The van der Waals surface area contributed by atoms with Gasteiger partial charge >= 0.3 is 5.97 Å². The van der Waals surface area contributed by atoms with E-state index in [9.17, 15) is 9.59 Å². The molecule has 25 heavy (non-hydrogen) atoms. The Balaban J connectivity index is 1.68. The second kappa shape index (κ2) is 7.27. The maximum Gasteiger partial charge on any atom is 0.335 e. The lowest BCUT2D eigenvalue weighted by atomic mass is 10.1. The van der Waals surface area contributed by atoms with Gasteiger partial charge in [0.2, 0.25) is 0 Å². The SMILES string of the molecule is O=C(O)c1cccc(-c2ccc(/C=N\NC(=O)c3ccccc3)o2)c1. The van der Waals surface area contributed by atoms with Crippen molar-refractivity contribution < 1.29 is 19.1 Å². The van der Waals surface area contributed by atoms with Crippen LogP contribution in [0.2, 0.25) is 0 Å². The molecule has 0 spiro atoms. The molecule has 6 heteroatoms. The molecular formula is C19H14N2O4. The molecule has 1 heterocycles. The Morgan fingerprint density at radius 1 is 0.960 bits per heavy atom. The van der Waals surface area contributed by atoms with Gasteiger partial charge in [0.15, 0.2) is 0 Å². The van der Waals surface area contributed by atoms with E-state index >= 15 is 0 Å². The van der Waals surface area contributed by atoms with Crippen molar-refractivity contribution >= 4 is 18.1 Å². The Kier molecular flexibility index (Phi) is 4.71. The van der Waals surface area contributed by atoms with E-state index in [2.05, 4.69) is 10.5 Å². The van der Waals surface area contributed by atoms with E-state index in [0.29, 0.717) is 22.6 Å². The van der Waals surface area contributed by atoms with Crippen LogP contribution in [0.5, 0.6) is 0 Å². The second-order valence-corrected chi connectivity index (χ2v) is 5.15. The van der Waals surface area contributed by atoms with Crippen molar-refractivity contribution in [3.63, 3.8) is 0 Å². The average molecular weight is 334 g/mol. The quantitative estimate of drug-likeness (QED) is 0.552. The predicted molar refractivity (Wildman–Crippen MR) is 92.6 cm³/mol. The Hall–Kier alpha value is -3.67. The smallest absolute Gasteiger partial charge is 0.335 e. The summed E-state index contributed by atoms with van der Waals surface area (Å²) >= 11 is 0. The largest absolute Gasteiger partial charge is 0.478 e. The summed E-state index contributed by atoms with van der Waals surface area (Å²) in [5.74, 6) is -0.375. The summed E-state index contributed by atoms with van der Waals surface area (Å²) in [4.78, 5) is 22.9. The van der Waals surface area contributed by atoms with Crippen LogP contribution >= 0.6 is 0 Å². The van der Waals surface area contributed by atoms with Crippen molar-refractivity contribution in [2.45, 2.75) is 0 Å². The van der Waals surface area contributed by atoms with Crippen LogP contribution < -0.4 is 5.43 Å². The number of carbonyl (C=O) groups excluding carboxylic acids is 1. The Morgan fingerprint density at radius 3 is 2.48 bits per heavy atom. The molecule has 3 aromatic rings. The third-order valence-electron chi connectivity index (χ3n) is 3.41. The number of carboxylic acids is 1. The summed E-state index contributed by atoms with van der Waals surface area (Å²) < 4.78 is 5.60. The van der Waals surface area contributed by atoms with Gasteiger partial charge in [-0.15, -0.1) is 0 Å². The summed E-state index contributed by atoms with van der Waals surface area (Å²) in [7, 11) is 0. The monoisotopic (exact) mass is 334 g/mol. The van der Waals surface area contributed by atoms with Gasteiger partial charge < -0.3 is 9.52 Å². The molecule has 124 valence electrons. The maximum atomic E-state index is 11.9. The van der Waals surface area contributed by atoms with Gasteiger partial charge in [-0.1, -0.05) is 30.3 Å². The fourth-order valence-electron chi connectivity index (χ4n) is 2.19. The van der Waals surface area contributed by atoms with Crippen LogP contribution in [0.15, 0.2) is 76.2 Å². The number of furan rings is 1. The number of hydrogen-bond donors (Lipinski definition) is 2. The van der Waals surface area contributed by atoms with Gasteiger partial charge in [0.1, 0.15) is 11.5 Å². The van der Waals surface area contributed by atoms with Crippen molar-refractivity contribution in [1.29, 1.82) is 0 Å². The molecule has 0 atom stereocenters. The van der Waals surface area contributed by atoms with Crippen LogP contribution in [-0.2, 0) is 0 Å². The molecule has 0 saturated carbocycles. The Labute approximate surface area is 143 Å². The molecule has 1 aromatic heterocycles. The zero-order valence-electron chi connectivity index (χ0n) is 13.0. The zero-order chi connectivity index (χ0) is 17.6. The van der Waals surface area contributed by atoms with Gasteiger partial charge in [-0.2, -0.15) is 5.10 Å². The number of rotatable bonds is 5. The lowest BCUT2D eigenvalue weighted by Gasteiger charge is -1.99. The maximum absolute atomic E-state index is 11.9. The minimum atomic E-state index is -1.00. The molecule has 1 amide bonds. The molecule has 0 aliphatic carbocycles. The number of hydrogen-bond acceptors (Lipinski definition) is 4. The second-order valence-electron chi connectivity index (χ2n) is 5.15. The topological polar surface area (TPSA) is 91.9 Å². The molecule has 0 aliphatic heterocycles. The third-order valence-corrected chi connectivity index (χ3v) is 3.41. The van der Waals surface area contributed by atoms with Gasteiger partial charge in [0.25, 0.3) is 5.91 Å². The first-order valence-electron chi connectivity index (χ1n) is 7.45. The number of carboxylic acid groups (broad SMARTS) is 1. The molecule has 0 fully saturated rings. The molecule has 3 rings (SSSR count). The minimum Gasteiger partial charge on any atom is -0.478 e. The first-order chi connectivity index (χ1) is 12.1. The molecule has 0 aliphatic rings. The third kappa shape index (κ3) is 4.00. The van der Waals surface area contributed by atoms with E-state index < -0.39 is 5.97 Å². The van der Waals surface area contributed by atoms with Crippen molar-refractivity contribution in [3.8, 4) is 11.3 Å². The number of benzene rings is 2. The summed E-state index contributed by atoms with van der Waals surface area (Å²) in [5, 5.41) is 12.9.